The highest BCUT2D eigenvalue weighted by Gasteiger charge is 2.33. The summed E-state index contributed by atoms with van der Waals surface area (Å²) in [6, 6.07) is 2.56. The third-order valence-electron chi connectivity index (χ3n) is 4.68. The fraction of sp³-hybridized carbons (Fsp3) is 0.750. The zero-order valence-electron chi connectivity index (χ0n) is 12.2. The Kier molecular flexibility index (Phi) is 4.16. The third kappa shape index (κ3) is 2.97. The molecule has 0 radical (unpaired) electrons. The van der Waals surface area contributed by atoms with Gasteiger partial charge >= 0.3 is 0 Å². The molecule has 2 heteroatoms. The molecule has 0 saturated heterocycles. The maximum atomic E-state index is 5.22. The van der Waals surface area contributed by atoms with Crippen LogP contribution in [0.5, 0.6) is 0 Å². The Labute approximate surface area is 111 Å². The number of hydrogen-bond acceptors (Lipinski definition) is 2. The lowest BCUT2D eigenvalue weighted by Gasteiger charge is -2.39. The van der Waals surface area contributed by atoms with Gasteiger partial charge in [0.25, 0.3) is 0 Å². The molecule has 0 aliphatic heterocycles. The van der Waals surface area contributed by atoms with Gasteiger partial charge in [-0.3, -0.25) is 0 Å². The Hall–Kier alpha value is -0.760. The Morgan fingerprint density at radius 1 is 1.22 bits per heavy atom. The number of hydrogen-bond donors (Lipinski definition) is 1. The molecule has 1 N–H and O–H groups in total. The van der Waals surface area contributed by atoms with Gasteiger partial charge in [0.05, 0.1) is 12.5 Å². The van der Waals surface area contributed by atoms with Crippen molar-refractivity contribution in [2.45, 2.75) is 52.5 Å². The molecule has 102 valence electrons. The van der Waals surface area contributed by atoms with Gasteiger partial charge in [-0.2, -0.15) is 0 Å². The average Bonchev–Trinajstić information content (AvgIpc) is 2.83. The summed E-state index contributed by atoms with van der Waals surface area (Å²) >= 11 is 0. The van der Waals surface area contributed by atoms with Gasteiger partial charge in [0.15, 0.2) is 0 Å². The zero-order valence-corrected chi connectivity index (χ0v) is 12.2. The fourth-order valence-corrected chi connectivity index (χ4v) is 3.45. The van der Waals surface area contributed by atoms with Crippen LogP contribution in [0.3, 0.4) is 0 Å². The molecule has 0 bridgehead atoms. The lowest BCUT2D eigenvalue weighted by atomic mass is 9.68. The number of nitrogens with one attached hydrogen (secondary N) is 1. The van der Waals surface area contributed by atoms with E-state index in [0.29, 0.717) is 11.5 Å². The van der Waals surface area contributed by atoms with E-state index >= 15 is 0 Å². The highest BCUT2D eigenvalue weighted by atomic mass is 16.3. The number of rotatable bonds is 3. The van der Waals surface area contributed by atoms with E-state index in [2.05, 4.69) is 39.2 Å². The Morgan fingerprint density at radius 3 is 2.33 bits per heavy atom. The molecular weight excluding hydrogens is 222 g/mol. The van der Waals surface area contributed by atoms with Crippen LogP contribution in [0.15, 0.2) is 23.0 Å². The van der Waals surface area contributed by atoms with Crippen molar-refractivity contribution >= 4 is 0 Å². The van der Waals surface area contributed by atoms with Crippen LogP contribution >= 0.6 is 0 Å². The van der Waals surface area contributed by atoms with Crippen molar-refractivity contribution in [1.29, 1.82) is 0 Å². The van der Waals surface area contributed by atoms with Crippen LogP contribution in [-0.4, -0.2) is 7.05 Å². The van der Waals surface area contributed by atoms with Gasteiger partial charge in [-0.05, 0) is 56.0 Å². The van der Waals surface area contributed by atoms with Crippen LogP contribution in [0.25, 0.3) is 0 Å². The van der Waals surface area contributed by atoms with Crippen molar-refractivity contribution in [3.8, 4) is 0 Å². The van der Waals surface area contributed by atoms with Gasteiger partial charge in [-0.1, -0.05) is 20.8 Å². The van der Waals surface area contributed by atoms with Crippen LogP contribution < -0.4 is 5.32 Å². The fourth-order valence-electron chi connectivity index (χ4n) is 3.45. The molecule has 18 heavy (non-hydrogen) atoms. The lowest BCUT2D eigenvalue weighted by Crippen LogP contribution is -2.32. The summed E-state index contributed by atoms with van der Waals surface area (Å²) in [6.45, 7) is 7.14. The molecule has 1 heterocycles. The highest BCUT2D eigenvalue weighted by molar-refractivity contribution is 5.13. The predicted octanol–water partition coefficient (Wildman–Crippen LogP) is 4.39. The van der Waals surface area contributed by atoms with Gasteiger partial charge in [0.2, 0.25) is 0 Å². The van der Waals surface area contributed by atoms with Crippen molar-refractivity contribution in [3.63, 3.8) is 0 Å². The maximum absolute atomic E-state index is 5.22. The molecule has 1 aromatic rings. The van der Waals surface area contributed by atoms with E-state index in [-0.39, 0.29) is 0 Å². The molecule has 0 spiro atoms. The Bertz CT molecular complexity index is 342. The topological polar surface area (TPSA) is 25.2 Å². The van der Waals surface area contributed by atoms with Gasteiger partial charge in [-0.25, -0.2) is 0 Å². The number of furan rings is 1. The van der Waals surface area contributed by atoms with E-state index in [4.69, 9.17) is 4.42 Å². The predicted molar refractivity (Wildman–Crippen MR) is 75.4 cm³/mol. The van der Waals surface area contributed by atoms with Crippen molar-refractivity contribution in [3.05, 3.63) is 24.2 Å². The Morgan fingerprint density at radius 2 is 1.89 bits per heavy atom. The minimum absolute atomic E-state index is 0.463. The summed E-state index contributed by atoms with van der Waals surface area (Å²) < 4.78 is 5.22. The molecule has 1 aliphatic carbocycles. The first-order valence-corrected chi connectivity index (χ1v) is 7.21. The second-order valence-corrected chi connectivity index (χ2v) is 6.80. The minimum Gasteiger partial charge on any atom is -0.472 e. The second kappa shape index (κ2) is 5.48. The summed E-state index contributed by atoms with van der Waals surface area (Å²) in [5, 5.41) is 3.47. The first-order valence-electron chi connectivity index (χ1n) is 7.21. The van der Waals surface area contributed by atoms with Gasteiger partial charge in [-0.15, -0.1) is 0 Å². The summed E-state index contributed by atoms with van der Waals surface area (Å²) in [5.74, 6) is 1.64. The molecule has 2 nitrogen and oxygen atoms in total. The van der Waals surface area contributed by atoms with Crippen LogP contribution in [-0.2, 0) is 0 Å². The van der Waals surface area contributed by atoms with E-state index in [1.54, 1.807) is 6.26 Å². The van der Waals surface area contributed by atoms with E-state index in [0.717, 1.165) is 11.8 Å². The van der Waals surface area contributed by atoms with Gasteiger partial charge in [0.1, 0.15) is 0 Å². The lowest BCUT2D eigenvalue weighted by molar-refractivity contribution is 0.134. The van der Waals surface area contributed by atoms with Crippen LogP contribution in [0, 0.1) is 17.3 Å². The first-order chi connectivity index (χ1) is 8.52. The van der Waals surface area contributed by atoms with Crippen molar-refractivity contribution in [2.24, 2.45) is 17.3 Å². The van der Waals surface area contributed by atoms with Crippen molar-refractivity contribution in [1.82, 2.24) is 5.32 Å². The smallest absolute Gasteiger partial charge is 0.0950 e. The van der Waals surface area contributed by atoms with Crippen LogP contribution in [0.1, 0.15) is 58.1 Å². The molecule has 0 aromatic carbocycles. The largest absolute Gasteiger partial charge is 0.472 e. The summed E-state index contributed by atoms with van der Waals surface area (Å²) in [4.78, 5) is 0. The van der Waals surface area contributed by atoms with Gasteiger partial charge < -0.3 is 9.73 Å². The van der Waals surface area contributed by atoms with E-state index in [1.807, 2.05) is 6.26 Å². The first kappa shape index (κ1) is 13.7. The molecule has 0 amide bonds. The molecular formula is C16H27NO. The summed E-state index contributed by atoms with van der Waals surface area (Å²) in [6.07, 6.45) is 9.06. The minimum atomic E-state index is 0.463. The highest BCUT2D eigenvalue weighted by Crippen LogP contribution is 2.43. The summed E-state index contributed by atoms with van der Waals surface area (Å²) in [7, 11) is 2.06. The third-order valence-corrected chi connectivity index (χ3v) is 4.68. The monoisotopic (exact) mass is 249 g/mol. The maximum Gasteiger partial charge on any atom is 0.0950 e. The van der Waals surface area contributed by atoms with Gasteiger partial charge in [0, 0.05) is 11.6 Å². The van der Waals surface area contributed by atoms with E-state index in [9.17, 15) is 0 Å². The van der Waals surface area contributed by atoms with Crippen molar-refractivity contribution in [2.75, 3.05) is 7.05 Å². The van der Waals surface area contributed by atoms with Crippen molar-refractivity contribution < 1.29 is 4.42 Å². The molecule has 2 rings (SSSR count). The molecule has 1 atom stereocenters. The van der Waals surface area contributed by atoms with E-state index in [1.165, 1.54) is 31.2 Å². The SMILES string of the molecule is CNC(c1ccoc1)C1CCC(C(C)(C)C)CC1. The molecule has 1 aromatic heterocycles. The molecule has 1 unspecified atom stereocenters. The quantitative estimate of drug-likeness (QED) is 0.859. The average molecular weight is 249 g/mol. The molecule has 1 aliphatic rings. The normalized spacial score (nSPS) is 27.1. The second-order valence-electron chi connectivity index (χ2n) is 6.80. The zero-order chi connectivity index (χ0) is 13.2. The summed E-state index contributed by atoms with van der Waals surface area (Å²) in [5.41, 5.74) is 1.77. The Balaban J connectivity index is 1.96. The van der Waals surface area contributed by atoms with E-state index < -0.39 is 0 Å². The van der Waals surface area contributed by atoms with Crippen LogP contribution in [0.4, 0.5) is 0 Å². The molecule has 1 fully saturated rings. The standard InChI is InChI=1S/C16H27NO/c1-16(2,3)14-7-5-12(6-8-14)15(17-4)13-9-10-18-11-13/h9-12,14-15,17H,5-8H2,1-4H3. The van der Waals surface area contributed by atoms with Crippen LogP contribution in [0.2, 0.25) is 0 Å². The molecule has 1 saturated carbocycles.